The maximum Gasteiger partial charge on any atom is 0.435 e. The lowest BCUT2D eigenvalue weighted by Crippen LogP contribution is -2.50. The fraction of sp³-hybridized carbons (Fsp3) is 0.350. The van der Waals surface area contributed by atoms with Crippen molar-refractivity contribution in [1.29, 1.82) is 0 Å². The van der Waals surface area contributed by atoms with Crippen LogP contribution in [0.1, 0.15) is 39.5 Å². The topological polar surface area (TPSA) is 55.1 Å². The molecule has 0 spiro atoms. The zero-order chi connectivity index (χ0) is 22.9. The molecule has 0 atom stereocenters. The quantitative estimate of drug-likeness (QED) is 0.604. The Balaban J connectivity index is 2.50. The first-order valence-electron chi connectivity index (χ1n) is 8.83. The minimum Gasteiger partial charge on any atom is -0.326 e. The molecule has 0 fully saturated rings. The van der Waals surface area contributed by atoms with E-state index in [1.807, 2.05) is 0 Å². The molecule has 0 unspecified atom stereocenters. The number of alkyl halides is 7. The molecule has 2 aromatic carbocycles. The minimum absolute atomic E-state index is 0.0286. The molecule has 0 heterocycles. The predicted molar refractivity (Wildman–Crippen MR) is 97.7 cm³/mol. The highest BCUT2D eigenvalue weighted by Crippen LogP contribution is 2.53. The molecule has 0 radical (unpaired) electrons. The van der Waals surface area contributed by atoms with Gasteiger partial charge in [0.05, 0.1) is 0 Å². The number of halogens is 7. The Labute approximate surface area is 168 Å². The van der Waals surface area contributed by atoms with Crippen LogP contribution in [0.25, 0.3) is 0 Å². The summed E-state index contributed by atoms with van der Waals surface area (Å²) in [5.74, 6) is -0.623. The second kappa shape index (κ2) is 8.25. The largest absolute Gasteiger partial charge is 0.435 e. The van der Waals surface area contributed by atoms with Crippen molar-refractivity contribution in [3.8, 4) is 0 Å². The molecule has 30 heavy (non-hydrogen) atoms. The highest BCUT2D eigenvalue weighted by Gasteiger charge is 2.73. The summed E-state index contributed by atoms with van der Waals surface area (Å²) in [5, 5.41) is 2.48. The molecule has 0 bridgehead atoms. The molecule has 10 heteroatoms. The molecule has 0 aliphatic heterocycles. The van der Waals surface area contributed by atoms with Crippen LogP contribution in [-0.2, 0) is 18.6 Å². The number of hydrogen-bond donors (Lipinski definition) is 2. The Hall–Kier alpha value is -2.62. The van der Waals surface area contributed by atoms with Crippen molar-refractivity contribution in [3.63, 3.8) is 0 Å². The molecule has 3 N–H and O–H groups in total. The summed E-state index contributed by atoms with van der Waals surface area (Å²) < 4.78 is 92.9. The van der Waals surface area contributed by atoms with E-state index in [0.717, 1.165) is 5.56 Å². The fourth-order valence-electron chi connectivity index (χ4n) is 2.98. The van der Waals surface area contributed by atoms with Crippen LogP contribution in [0, 0.1) is 6.92 Å². The van der Waals surface area contributed by atoms with Gasteiger partial charge < -0.3 is 11.1 Å². The molecular formula is C20H19F7N2O. The van der Waals surface area contributed by atoms with Crippen molar-refractivity contribution in [3.05, 3.63) is 64.2 Å². The van der Waals surface area contributed by atoms with Gasteiger partial charge in [0.25, 0.3) is 5.91 Å². The van der Waals surface area contributed by atoms with E-state index in [-0.39, 0.29) is 35.3 Å². The second-order valence-electron chi connectivity index (χ2n) is 6.69. The molecule has 164 valence electrons. The van der Waals surface area contributed by atoms with Crippen molar-refractivity contribution in [2.24, 2.45) is 5.73 Å². The highest BCUT2D eigenvalue weighted by atomic mass is 19.4. The van der Waals surface area contributed by atoms with Gasteiger partial charge >= 0.3 is 18.0 Å². The summed E-state index contributed by atoms with van der Waals surface area (Å²) in [6.45, 7) is 2.92. The van der Waals surface area contributed by atoms with Gasteiger partial charge in [-0.3, -0.25) is 4.79 Å². The summed E-state index contributed by atoms with van der Waals surface area (Å²) in [5.41, 5.74) is -0.829. The van der Waals surface area contributed by atoms with Crippen molar-refractivity contribution < 1.29 is 35.5 Å². The molecule has 3 nitrogen and oxygen atoms in total. The number of nitrogens with two attached hydrogens (primary N) is 1. The maximum atomic E-state index is 14.4. The first-order chi connectivity index (χ1) is 13.8. The van der Waals surface area contributed by atoms with Crippen LogP contribution in [0.4, 0.5) is 36.4 Å². The summed E-state index contributed by atoms with van der Waals surface area (Å²) >= 11 is 0. The van der Waals surface area contributed by atoms with E-state index in [4.69, 9.17) is 5.73 Å². The van der Waals surface area contributed by atoms with E-state index in [9.17, 15) is 35.5 Å². The fourth-order valence-corrected chi connectivity index (χ4v) is 2.98. The first kappa shape index (κ1) is 23.7. The molecule has 0 aliphatic rings. The van der Waals surface area contributed by atoms with E-state index < -0.39 is 29.5 Å². The van der Waals surface area contributed by atoms with Crippen LogP contribution in [0.3, 0.4) is 0 Å². The number of aryl methyl sites for hydroxylation is 2. The van der Waals surface area contributed by atoms with E-state index >= 15 is 0 Å². The van der Waals surface area contributed by atoms with E-state index in [1.54, 1.807) is 12.1 Å². The average Bonchev–Trinajstić information content (AvgIpc) is 2.66. The molecular weight excluding hydrogens is 417 g/mol. The Bertz CT molecular complexity index is 904. The van der Waals surface area contributed by atoms with Crippen LogP contribution in [-0.4, -0.2) is 18.3 Å². The van der Waals surface area contributed by atoms with Gasteiger partial charge in [0.2, 0.25) is 0 Å². The van der Waals surface area contributed by atoms with Gasteiger partial charge in [-0.05, 0) is 48.2 Å². The van der Waals surface area contributed by atoms with Gasteiger partial charge in [-0.2, -0.15) is 26.3 Å². The summed E-state index contributed by atoms with van der Waals surface area (Å²) in [4.78, 5) is 12.5. The summed E-state index contributed by atoms with van der Waals surface area (Å²) in [7, 11) is 0. The Morgan fingerprint density at radius 2 is 1.50 bits per heavy atom. The van der Waals surface area contributed by atoms with Crippen LogP contribution in [0.5, 0.6) is 0 Å². The monoisotopic (exact) mass is 436 g/mol. The smallest absolute Gasteiger partial charge is 0.326 e. The van der Waals surface area contributed by atoms with Crippen LogP contribution >= 0.6 is 0 Å². The number of benzene rings is 2. The SMILES string of the molecule is CCc1cc(C(F)(C(F)(F)F)C(F)(F)F)cc(C)c1NC(=O)c1ccc(CN)cc1. The number of nitrogens with one attached hydrogen (secondary N) is 1. The Morgan fingerprint density at radius 1 is 0.967 bits per heavy atom. The second-order valence-corrected chi connectivity index (χ2v) is 6.69. The lowest BCUT2D eigenvalue weighted by atomic mass is 9.89. The third-order valence-electron chi connectivity index (χ3n) is 4.67. The zero-order valence-corrected chi connectivity index (χ0v) is 16.0. The summed E-state index contributed by atoms with van der Waals surface area (Å²) in [6, 6.07) is 7.11. The number of anilines is 1. The van der Waals surface area contributed by atoms with Crippen molar-refractivity contribution in [2.75, 3.05) is 5.32 Å². The third kappa shape index (κ3) is 4.28. The standard InChI is InChI=1S/C20H19F7N2O/c1-3-13-9-15(18(21,19(22,23)24)20(25,26)27)8-11(2)16(13)29-17(30)14-6-4-12(10-28)5-7-14/h4-9H,3,10,28H2,1-2H3,(H,29,30). The molecule has 2 rings (SSSR count). The molecule has 0 aromatic heterocycles. The number of amides is 1. The highest BCUT2D eigenvalue weighted by molar-refractivity contribution is 6.05. The van der Waals surface area contributed by atoms with Crippen molar-refractivity contribution in [2.45, 2.75) is 44.8 Å². The van der Waals surface area contributed by atoms with Crippen LogP contribution < -0.4 is 11.1 Å². The van der Waals surface area contributed by atoms with Gasteiger partial charge in [0.15, 0.2) is 0 Å². The van der Waals surface area contributed by atoms with Crippen molar-refractivity contribution >= 4 is 11.6 Å². The lowest BCUT2D eigenvalue weighted by Gasteiger charge is -2.31. The molecule has 0 saturated heterocycles. The van der Waals surface area contributed by atoms with E-state index in [1.165, 1.54) is 26.0 Å². The third-order valence-corrected chi connectivity index (χ3v) is 4.67. The Morgan fingerprint density at radius 3 is 1.93 bits per heavy atom. The Kier molecular flexibility index (Phi) is 6.51. The first-order valence-corrected chi connectivity index (χ1v) is 8.83. The van der Waals surface area contributed by atoms with E-state index in [2.05, 4.69) is 5.32 Å². The van der Waals surface area contributed by atoms with E-state index in [0.29, 0.717) is 12.1 Å². The minimum atomic E-state index is -6.21. The molecule has 1 amide bonds. The van der Waals surface area contributed by atoms with Gasteiger partial charge in [-0.15, -0.1) is 0 Å². The van der Waals surface area contributed by atoms with Gasteiger partial charge in [0, 0.05) is 23.4 Å². The van der Waals surface area contributed by atoms with Crippen LogP contribution in [0.2, 0.25) is 0 Å². The number of carbonyl (C=O) groups is 1. The number of carbonyl (C=O) groups excluding carboxylic acids is 1. The van der Waals surface area contributed by atoms with Crippen molar-refractivity contribution in [1.82, 2.24) is 0 Å². The normalized spacial score (nSPS) is 12.7. The molecule has 0 aliphatic carbocycles. The lowest BCUT2D eigenvalue weighted by molar-refractivity contribution is -0.348. The predicted octanol–water partition coefficient (Wildman–Crippen LogP) is 5.56. The number of rotatable bonds is 5. The van der Waals surface area contributed by atoms with Gasteiger partial charge in [-0.1, -0.05) is 25.1 Å². The number of hydrogen-bond acceptors (Lipinski definition) is 2. The molecule has 2 aromatic rings. The zero-order valence-electron chi connectivity index (χ0n) is 16.0. The van der Waals surface area contributed by atoms with Crippen LogP contribution in [0.15, 0.2) is 36.4 Å². The average molecular weight is 436 g/mol. The molecule has 0 saturated carbocycles. The van der Waals surface area contributed by atoms with Gasteiger partial charge in [-0.25, -0.2) is 4.39 Å². The summed E-state index contributed by atoms with van der Waals surface area (Å²) in [6.07, 6.45) is -12.5. The van der Waals surface area contributed by atoms with Gasteiger partial charge in [0.1, 0.15) is 0 Å². The maximum absolute atomic E-state index is 14.4.